The molecule has 0 spiro atoms. The standard InChI is InChI=1S/C20H20N2O7S/c1-11-9-22(13(3)24)17-6-14(4-5-18(17)29-11)30(25,26)21-16-8-20-19(27-10-28-20)7-15(16)12(2)23/h4-8,11,21H,9-10H2,1-3H3/t11-/m0/s1. The molecule has 10 heteroatoms. The molecule has 158 valence electrons. The van der Waals surface area contributed by atoms with Crippen molar-refractivity contribution in [1.29, 1.82) is 0 Å². The van der Waals surface area contributed by atoms with Crippen molar-refractivity contribution in [3.63, 3.8) is 0 Å². The van der Waals surface area contributed by atoms with Gasteiger partial charge in [0.05, 0.1) is 22.8 Å². The van der Waals surface area contributed by atoms with Crippen LogP contribution < -0.4 is 23.8 Å². The normalized spacial score (nSPS) is 17.2. The average molecular weight is 432 g/mol. The van der Waals surface area contributed by atoms with E-state index in [2.05, 4.69) is 4.72 Å². The molecule has 0 bridgehead atoms. The van der Waals surface area contributed by atoms with Crippen molar-refractivity contribution < 1.29 is 32.2 Å². The van der Waals surface area contributed by atoms with E-state index in [1.165, 1.54) is 49.1 Å². The van der Waals surface area contributed by atoms with Crippen LogP contribution in [0.2, 0.25) is 0 Å². The average Bonchev–Trinajstić information content (AvgIpc) is 3.13. The first kappa shape index (κ1) is 20.0. The van der Waals surface area contributed by atoms with E-state index in [1.54, 1.807) is 0 Å². The number of ketones is 1. The number of fused-ring (bicyclic) bond motifs is 2. The Hall–Kier alpha value is -3.27. The molecular weight excluding hydrogens is 412 g/mol. The molecule has 4 rings (SSSR count). The fourth-order valence-electron chi connectivity index (χ4n) is 3.40. The lowest BCUT2D eigenvalue weighted by Crippen LogP contribution is -2.41. The van der Waals surface area contributed by atoms with Gasteiger partial charge >= 0.3 is 0 Å². The van der Waals surface area contributed by atoms with E-state index in [0.717, 1.165) is 0 Å². The summed E-state index contributed by atoms with van der Waals surface area (Å²) < 4.78 is 44.8. The van der Waals surface area contributed by atoms with E-state index in [9.17, 15) is 18.0 Å². The zero-order valence-corrected chi connectivity index (χ0v) is 17.4. The number of sulfonamides is 1. The topological polar surface area (TPSA) is 111 Å². The Morgan fingerprint density at radius 2 is 1.77 bits per heavy atom. The minimum absolute atomic E-state index is 0.00694. The summed E-state index contributed by atoms with van der Waals surface area (Å²) in [5.74, 6) is 0.592. The molecule has 1 amide bonds. The maximum absolute atomic E-state index is 13.1. The van der Waals surface area contributed by atoms with Gasteiger partial charge in [0.15, 0.2) is 17.3 Å². The number of hydrogen-bond acceptors (Lipinski definition) is 7. The second-order valence-electron chi connectivity index (χ2n) is 7.10. The van der Waals surface area contributed by atoms with Gasteiger partial charge in [-0.15, -0.1) is 0 Å². The molecule has 0 fully saturated rings. The number of anilines is 2. The van der Waals surface area contributed by atoms with Crippen molar-refractivity contribution >= 4 is 33.1 Å². The molecule has 2 aliphatic heterocycles. The van der Waals surface area contributed by atoms with Crippen LogP contribution in [0.3, 0.4) is 0 Å². The number of carbonyl (C=O) groups excluding carboxylic acids is 2. The quantitative estimate of drug-likeness (QED) is 0.739. The second kappa shape index (κ2) is 7.21. The van der Waals surface area contributed by atoms with Gasteiger partial charge in [-0.1, -0.05) is 0 Å². The Bertz CT molecular complexity index is 1160. The van der Waals surface area contributed by atoms with Crippen molar-refractivity contribution in [3.05, 3.63) is 35.9 Å². The summed E-state index contributed by atoms with van der Waals surface area (Å²) >= 11 is 0. The third-order valence-electron chi connectivity index (χ3n) is 4.82. The highest BCUT2D eigenvalue weighted by atomic mass is 32.2. The zero-order valence-electron chi connectivity index (χ0n) is 16.6. The summed E-state index contributed by atoms with van der Waals surface area (Å²) in [7, 11) is -4.08. The molecule has 30 heavy (non-hydrogen) atoms. The Morgan fingerprint density at radius 1 is 1.07 bits per heavy atom. The van der Waals surface area contributed by atoms with Gasteiger partial charge < -0.3 is 19.1 Å². The van der Waals surface area contributed by atoms with Crippen LogP contribution in [0.1, 0.15) is 31.1 Å². The van der Waals surface area contributed by atoms with Gasteiger partial charge in [0, 0.05) is 18.6 Å². The predicted molar refractivity (Wildman–Crippen MR) is 108 cm³/mol. The third-order valence-corrected chi connectivity index (χ3v) is 6.18. The highest BCUT2D eigenvalue weighted by Gasteiger charge is 2.29. The Kier molecular flexibility index (Phi) is 4.81. The van der Waals surface area contributed by atoms with Crippen LogP contribution in [0.4, 0.5) is 11.4 Å². The van der Waals surface area contributed by atoms with Crippen molar-refractivity contribution in [2.24, 2.45) is 0 Å². The van der Waals surface area contributed by atoms with E-state index in [0.29, 0.717) is 29.5 Å². The van der Waals surface area contributed by atoms with E-state index in [-0.39, 0.29) is 40.7 Å². The molecule has 2 aromatic rings. The number of benzene rings is 2. The second-order valence-corrected chi connectivity index (χ2v) is 8.78. The highest BCUT2D eigenvalue weighted by Crippen LogP contribution is 2.39. The van der Waals surface area contributed by atoms with E-state index in [1.807, 2.05) is 6.92 Å². The van der Waals surface area contributed by atoms with E-state index in [4.69, 9.17) is 14.2 Å². The smallest absolute Gasteiger partial charge is 0.261 e. The summed E-state index contributed by atoms with van der Waals surface area (Å²) in [4.78, 5) is 25.5. The summed E-state index contributed by atoms with van der Waals surface area (Å²) in [5.41, 5.74) is 0.613. The SMILES string of the molecule is CC(=O)c1cc2c(cc1NS(=O)(=O)c1ccc3c(c1)N(C(C)=O)C[C@H](C)O3)OCO2. The minimum atomic E-state index is -4.08. The molecule has 0 unspecified atom stereocenters. The summed E-state index contributed by atoms with van der Waals surface area (Å²) in [6.07, 6.45) is -0.214. The molecule has 2 aliphatic rings. The first-order valence-electron chi connectivity index (χ1n) is 9.22. The van der Waals surface area contributed by atoms with Gasteiger partial charge in [-0.05, 0) is 38.1 Å². The third kappa shape index (κ3) is 3.54. The van der Waals surface area contributed by atoms with Crippen molar-refractivity contribution in [2.75, 3.05) is 23.0 Å². The molecule has 2 heterocycles. The first-order valence-corrected chi connectivity index (χ1v) is 10.7. The lowest BCUT2D eigenvalue weighted by Gasteiger charge is -2.33. The number of ether oxygens (including phenoxy) is 3. The highest BCUT2D eigenvalue weighted by molar-refractivity contribution is 7.92. The largest absolute Gasteiger partial charge is 0.487 e. The molecule has 0 aromatic heterocycles. The summed E-state index contributed by atoms with van der Waals surface area (Å²) in [6.45, 7) is 4.88. The van der Waals surface area contributed by atoms with Crippen LogP contribution in [-0.4, -0.2) is 39.5 Å². The maximum Gasteiger partial charge on any atom is 0.261 e. The maximum atomic E-state index is 13.1. The Morgan fingerprint density at radius 3 is 2.43 bits per heavy atom. The lowest BCUT2D eigenvalue weighted by molar-refractivity contribution is -0.117. The van der Waals surface area contributed by atoms with E-state index < -0.39 is 10.0 Å². The van der Waals surface area contributed by atoms with Crippen LogP contribution in [0.15, 0.2) is 35.2 Å². The van der Waals surface area contributed by atoms with E-state index >= 15 is 0 Å². The van der Waals surface area contributed by atoms with Gasteiger partial charge in [0.2, 0.25) is 12.7 Å². The molecule has 1 N–H and O–H groups in total. The predicted octanol–water partition coefficient (Wildman–Crippen LogP) is 2.55. The number of rotatable bonds is 4. The first-order chi connectivity index (χ1) is 14.2. The molecule has 0 radical (unpaired) electrons. The molecule has 0 saturated carbocycles. The molecule has 9 nitrogen and oxygen atoms in total. The van der Waals surface area contributed by atoms with Gasteiger partial charge in [0.25, 0.3) is 10.0 Å². The zero-order chi connectivity index (χ0) is 21.6. The van der Waals surface area contributed by atoms with Crippen molar-refractivity contribution in [1.82, 2.24) is 0 Å². The molecular formula is C20H20N2O7S. The Balaban J connectivity index is 1.73. The van der Waals surface area contributed by atoms with Crippen LogP contribution in [0, 0.1) is 0 Å². The summed E-state index contributed by atoms with van der Waals surface area (Å²) in [5, 5.41) is 0. The fourth-order valence-corrected chi connectivity index (χ4v) is 4.49. The molecule has 0 aliphatic carbocycles. The molecule has 1 atom stereocenters. The molecule has 0 saturated heterocycles. The van der Waals surface area contributed by atoms with Gasteiger partial charge in [-0.2, -0.15) is 0 Å². The lowest BCUT2D eigenvalue weighted by atomic mass is 10.1. The number of nitrogens with zero attached hydrogens (tertiary/aromatic N) is 1. The van der Waals surface area contributed by atoms with Gasteiger partial charge in [-0.25, -0.2) is 8.42 Å². The number of hydrogen-bond donors (Lipinski definition) is 1. The monoisotopic (exact) mass is 432 g/mol. The van der Waals surface area contributed by atoms with Crippen LogP contribution >= 0.6 is 0 Å². The minimum Gasteiger partial charge on any atom is -0.487 e. The van der Waals surface area contributed by atoms with Crippen LogP contribution in [0.25, 0.3) is 0 Å². The van der Waals surface area contributed by atoms with Gasteiger partial charge in [0.1, 0.15) is 11.9 Å². The summed E-state index contributed by atoms with van der Waals surface area (Å²) in [6, 6.07) is 7.15. The molecule has 2 aromatic carbocycles. The number of amides is 1. The Labute approximate surface area is 173 Å². The number of Topliss-reactive ketones (excluding diaryl/α,β-unsaturated/α-hetero) is 1. The van der Waals surface area contributed by atoms with Crippen LogP contribution in [0.5, 0.6) is 17.2 Å². The van der Waals surface area contributed by atoms with Crippen molar-refractivity contribution in [2.45, 2.75) is 31.8 Å². The number of carbonyl (C=O) groups is 2. The van der Waals surface area contributed by atoms with Crippen molar-refractivity contribution in [3.8, 4) is 17.2 Å². The fraction of sp³-hybridized carbons (Fsp3) is 0.300. The number of nitrogens with one attached hydrogen (secondary N) is 1. The van der Waals surface area contributed by atoms with Crippen LogP contribution in [-0.2, 0) is 14.8 Å². The van der Waals surface area contributed by atoms with Gasteiger partial charge in [-0.3, -0.25) is 14.3 Å².